The van der Waals surface area contributed by atoms with Crippen molar-refractivity contribution in [1.82, 2.24) is 5.32 Å². The Morgan fingerprint density at radius 1 is 1.19 bits per heavy atom. The lowest BCUT2D eigenvalue weighted by Crippen LogP contribution is -2.37. The standard InChI is InChI=1S/C20H24N4O3/c1-2-27-20(26)22-15-11-12-24(13-15)16-9-7-14(8-10-16)19(25)23-18-6-4-3-5-17(18)21/h3-10,15H,2,11-13,21H2,1H3,(H,22,26)(H,23,25). The number of nitrogen functional groups attached to an aromatic ring is 1. The molecule has 142 valence electrons. The lowest BCUT2D eigenvalue weighted by Gasteiger charge is -2.19. The number of carbonyl (C=O) groups excluding carboxylic acids is 2. The van der Waals surface area contributed by atoms with Crippen LogP contribution < -0.4 is 21.3 Å². The Hall–Kier alpha value is -3.22. The Bertz CT molecular complexity index is 807. The Morgan fingerprint density at radius 3 is 2.63 bits per heavy atom. The van der Waals surface area contributed by atoms with E-state index in [1.807, 2.05) is 24.3 Å². The molecule has 7 nitrogen and oxygen atoms in total. The maximum Gasteiger partial charge on any atom is 0.407 e. The summed E-state index contributed by atoms with van der Waals surface area (Å²) >= 11 is 0. The van der Waals surface area contributed by atoms with E-state index in [4.69, 9.17) is 10.5 Å². The van der Waals surface area contributed by atoms with Gasteiger partial charge < -0.3 is 26.0 Å². The highest BCUT2D eigenvalue weighted by molar-refractivity contribution is 6.05. The molecule has 1 aliphatic rings. The molecule has 0 aliphatic carbocycles. The third kappa shape index (κ3) is 4.69. The topological polar surface area (TPSA) is 96.7 Å². The van der Waals surface area contributed by atoms with Crippen LogP contribution in [-0.4, -0.2) is 37.7 Å². The van der Waals surface area contributed by atoms with E-state index in [1.54, 1.807) is 31.2 Å². The summed E-state index contributed by atoms with van der Waals surface area (Å²) in [6, 6.07) is 14.6. The summed E-state index contributed by atoms with van der Waals surface area (Å²) in [5.74, 6) is -0.206. The summed E-state index contributed by atoms with van der Waals surface area (Å²) in [6.45, 7) is 3.69. The van der Waals surface area contributed by atoms with Gasteiger partial charge in [0, 0.05) is 24.3 Å². The van der Waals surface area contributed by atoms with Crippen LogP contribution in [0.15, 0.2) is 48.5 Å². The van der Waals surface area contributed by atoms with Crippen LogP contribution in [0.1, 0.15) is 23.7 Å². The molecule has 2 aromatic carbocycles. The summed E-state index contributed by atoms with van der Waals surface area (Å²) in [5, 5.41) is 5.68. The molecule has 1 saturated heterocycles. The zero-order valence-corrected chi connectivity index (χ0v) is 15.3. The quantitative estimate of drug-likeness (QED) is 0.705. The van der Waals surface area contributed by atoms with E-state index in [9.17, 15) is 9.59 Å². The number of hydrogen-bond acceptors (Lipinski definition) is 5. The first-order valence-electron chi connectivity index (χ1n) is 9.01. The molecule has 0 aromatic heterocycles. The SMILES string of the molecule is CCOC(=O)NC1CCN(c2ccc(C(=O)Nc3ccccc3N)cc2)C1. The third-order valence-corrected chi connectivity index (χ3v) is 4.49. The second-order valence-electron chi connectivity index (χ2n) is 6.38. The molecule has 2 aromatic rings. The molecule has 2 amide bonds. The largest absolute Gasteiger partial charge is 0.450 e. The van der Waals surface area contributed by atoms with Crippen molar-refractivity contribution in [2.24, 2.45) is 0 Å². The number of hydrogen-bond donors (Lipinski definition) is 3. The van der Waals surface area contributed by atoms with Crippen molar-refractivity contribution >= 4 is 29.1 Å². The Kier molecular flexibility index (Phi) is 5.80. The van der Waals surface area contributed by atoms with E-state index in [1.165, 1.54) is 0 Å². The van der Waals surface area contributed by atoms with Crippen molar-refractivity contribution in [2.75, 3.05) is 35.6 Å². The fourth-order valence-corrected chi connectivity index (χ4v) is 3.08. The number of ether oxygens (including phenoxy) is 1. The molecular formula is C20H24N4O3. The molecule has 0 bridgehead atoms. The number of nitrogens with zero attached hydrogens (tertiary/aromatic N) is 1. The van der Waals surface area contributed by atoms with E-state index in [0.717, 1.165) is 18.7 Å². The van der Waals surface area contributed by atoms with Crippen molar-refractivity contribution in [3.8, 4) is 0 Å². The first-order valence-corrected chi connectivity index (χ1v) is 9.01. The van der Waals surface area contributed by atoms with Crippen molar-refractivity contribution in [2.45, 2.75) is 19.4 Å². The van der Waals surface area contributed by atoms with Gasteiger partial charge in [-0.2, -0.15) is 0 Å². The lowest BCUT2D eigenvalue weighted by molar-refractivity contribution is 0.102. The van der Waals surface area contributed by atoms with Crippen LogP contribution in [0.4, 0.5) is 21.9 Å². The highest BCUT2D eigenvalue weighted by Crippen LogP contribution is 2.22. The first-order chi connectivity index (χ1) is 13.1. The van der Waals surface area contributed by atoms with E-state index in [2.05, 4.69) is 15.5 Å². The molecule has 3 rings (SSSR count). The fraction of sp³-hybridized carbons (Fsp3) is 0.300. The molecule has 0 spiro atoms. The van der Waals surface area contributed by atoms with Crippen LogP contribution in [0.25, 0.3) is 0 Å². The molecule has 1 fully saturated rings. The molecule has 27 heavy (non-hydrogen) atoms. The number of alkyl carbamates (subject to hydrolysis) is 1. The maximum atomic E-state index is 12.4. The van der Waals surface area contributed by atoms with Gasteiger partial charge in [-0.3, -0.25) is 4.79 Å². The predicted octanol–water partition coefficient (Wildman–Crippen LogP) is 2.85. The highest BCUT2D eigenvalue weighted by Gasteiger charge is 2.24. The van der Waals surface area contributed by atoms with Gasteiger partial charge >= 0.3 is 6.09 Å². The van der Waals surface area contributed by atoms with Crippen molar-refractivity contribution in [3.05, 3.63) is 54.1 Å². The van der Waals surface area contributed by atoms with Gasteiger partial charge in [-0.05, 0) is 49.7 Å². The van der Waals surface area contributed by atoms with Gasteiger partial charge in [0.15, 0.2) is 0 Å². The van der Waals surface area contributed by atoms with Gasteiger partial charge in [-0.1, -0.05) is 12.1 Å². The second kappa shape index (κ2) is 8.44. The Labute approximate surface area is 158 Å². The number of nitrogens with two attached hydrogens (primary N) is 1. The molecule has 1 unspecified atom stereocenters. The number of amides is 2. The van der Waals surface area contributed by atoms with Crippen molar-refractivity contribution in [1.29, 1.82) is 0 Å². The molecule has 1 atom stereocenters. The average molecular weight is 368 g/mol. The van der Waals surface area contributed by atoms with Gasteiger partial charge in [0.05, 0.1) is 24.0 Å². The zero-order chi connectivity index (χ0) is 19.2. The molecule has 7 heteroatoms. The van der Waals surface area contributed by atoms with Crippen LogP contribution in [0, 0.1) is 0 Å². The average Bonchev–Trinajstić information content (AvgIpc) is 3.12. The molecule has 0 saturated carbocycles. The Balaban J connectivity index is 1.58. The number of para-hydroxylation sites is 2. The summed E-state index contributed by atoms with van der Waals surface area (Å²) in [7, 11) is 0. The molecule has 0 radical (unpaired) electrons. The first kappa shape index (κ1) is 18.6. The van der Waals surface area contributed by atoms with Crippen LogP contribution in [0.5, 0.6) is 0 Å². The summed E-state index contributed by atoms with van der Waals surface area (Å²) in [5.41, 5.74) is 8.55. The highest BCUT2D eigenvalue weighted by atomic mass is 16.5. The molecular weight excluding hydrogens is 344 g/mol. The molecule has 4 N–H and O–H groups in total. The lowest BCUT2D eigenvalue weighted by atomic mass is 10.1. The van der Waals surface area contributed by atoms with Crippen LogP contribution >= 0.6 is 0 Å². The number of rotatable bonds is 5. The van der Waals surface area contributed by atoms with Crippen LogP contribution in [0.2, 0.25) is 0 Å². The number of carbonyl (C=O) groups is 2. The number of benzene rings is 2. The summed E-state index contributed by atoms with van der Waals surface area (Å²) in [6.07, 6.45) is 0.477. The van der Waals surface area contributed by atoms with Crippen molar-refractivity contribution in [3.63, 3.8) is 0 Å². The maximum absolute atomic E-state index is 12.4. The minimum absolute atomic E-state index is 0.0630. The Morgan fingerprint density at radius 2 is 1.93 bits per heavy atom. The summed E-state index contributed by atoms with van der Waals surface area (Å²) in [4.78, 5) is 26.1. The number of nitrogens with one attached hydrogen (secondary N) is 2. The van der Waals surface area contributed by atoms with Gasteiger partial charge in [0.25, 0.3) is 5.91 Å². The van der Waals surface area contributed by atoms with Crippen molar-refractivity contribution < 1.29 is 14.3 Å². The fourth-order valence-electron chi connectivity index (χ4n) is 3.08. The number of anilines is 3. The molecule has 1 heterocycles. The monoisotopic (exact) mass is 368 g/mol. The van der Waals surface area contributed by atoms with Gasteiger partial charge in [-0.15, -0.1) is 0 Å². The van der Waals surface area contributed by atoms with Gasteiger partial charge in [0.2, 0.25) is 0 Å². The molecule has 1 aliphatic heterocycles. The van der Waals surface area contributed by atoms with E-state index in [-0.39, 0.29) is 18.0 Å². The van der Waals surface area contributed by atoms with Crippen LogP contribution in [-0.2, 0) is 4.74 Å². The zero-order valence-electron chi connectivity index (χ0n) is 15.3. The minimum Gasteiger partial charge on any atom is -0.450 e. The van der Waals surface area contributed by atoms with E-state index >= 15 is 0 Å². The van der Waals surface area contributed by atoms with Gasteiger partial charge in [-0.25, -0.2) is 4.79 Å². The normalized spacial score (nSPS) is 16.0. The van der Waals surface area contributed by atoms with Gasteiger partial charge in [0.1, 0.15) is 0 Å². The van der Waals surface area contributed by atoms with E-state index < -0.39 is 0 Å². The van der Waals surface area contributed by atoms with Crippen LogP contribution in [0.3, 0.4) is 0 Å². The van der Waals surface area contributed by atoms with E-state index in [0.29, 0.717) is 30.1 Å². The third-order valence-electron chi connectivity index (χ3n) is 4.49. The predicted molar refractivity (Wildman–Crippen MR) is 106 cm³/mol. The summed E-state index contributed by atoms with van der Waals surface area (Å²) < 4.78 is 4.92. The second-order valence-corrected chi connectivity index (χ2v) is 6.38. The smallest absolute Gasteiger partial charge is 0.407 e. The minimum atomic E-state index is -0.378.